The van der Waals surface area contributed by atoms with Crippen LogP contribution in [0.1, 0.15) is 30.1 Å². The number of nitrogens with zero attached hydrogens (tertiary/aromatic N) is 1. The van der Waals surface area contributed by atoms with E-state index < -0.39 is 5.82 Å². The van der Waals surface area contributed by atoms with Crippen molar-refractivity contribution >= 4 is 17.5 Å². The molecule has 5 heteroatoms. The zero-order valence-corrected chi connectivity index (χ0v) is 14.0. The van der Waals surface area contributed by atoms with Crippen LogP contribution >= 0.6 is 11.8 Å². The van der Waals surface area contributed by atoms with E-state index in [2.05, 4.69) is 18.1 Å². The number of hydrogen-bond donors (Lipinski definition) is 0. The van der Waals surface area contributed by atoms with E-state index in [0.717, 1.165) is 12.2 Å². The molecule has 0 amide bonds. The van der Waals surface area contributed by atoms with Gasteiger partial charge in [0.2, 0.25) is 0 Å². The lowest BCUT2D eigenvalue weighted by Gasteiger charge is -2.26. The van der Waals surface area contributed by atoms with Gasteiger partial charge in [-0.1, -0.05) is 13.0 Å². The van der Waals surface area contributed by atoms with E-state index in [9.17, 15) is 9.18 Å². The van der Waals surface area contributed by atoms with Gasteiger partial charge in [-0.15, -0.1) is 0 Å². The molecule has 1 aromatic rings. The number of ether oxygens (including phenoxy) is 1. The molecule has 0 heterocycles. The normalized spacial score (nSPS) is 12.5. The molecule has 0 aliphatic heterocycles. The van der Waals surface area contributed by atoms with Gasteiger partial charge in [0.15, 0.2) is 5.78 Å². The minimum Gasteiger partial charge on any atom is -0.496 e. The van der Waals surface area contributed by atoms with Crippen molar-refractivity contribution in [2.75, 3.05) is 32.7 Å². The molecule has 0 aromatic heterocycles. The largest absolute Gasteiger partial charge is 0.496 e. The van der Waals surface area contributed by atoms with Gasteiger partial charge in [0.1, 0.15) is 11.6 Å². The Morgan fingerprint density at radius 2 is 2.19 bits per heavy atom. The van der Waals surface area contributed by atoms with Crippen molar-refractivity contribution in [3.63, 3.8) is 0 Å². The van der Waals surface area contributed by atoms with E-state index in [1.165, 1.54) is 13.2 Å². The molecular weight excluding hydrogens is 289 g/mol. The lowest BCUT2D eigenvalue weighted by Crippen LogP contribution is -2.34. The third-order valence-corrected chi connectivity index (χ3v) is 4.34. The van der Waals surface area contributed by atoms with Crippen molar-refractivity contribution < 1.29 is 13.9 Å². The summed E-state index contributed by atoms with van der Waals surface area (Å²) in [4.78, 5) is 14.4. The maximum absolute atomic E-state index is 13.8. The molecule has 3 nitrogen and oxygen atoms in total. The average molecular weight is 313 g/mol. The zero-order chi connectivity index (χ0) is 15.8. The van der Waals surface area contributed by atoms with Gasteiger partial charge in [0.25, 0.3) is 0 Å². The second-order valence-corrected chi connectivity index (χ2v) is 5.90. The summed E-state index contributed by atoms with van der Waals surface area (Å²) < 4.78 is 18.9. The van der Waals surface area contributed by atoms with Crippen molar-refractivity contribution in [3.05, 3.63) is 29.6 Å². The predicted octanol–water partition coefficient (Wildman–Crippen LogP) is 3.48. The SMILES string of the molecule is CCC(CSC)N(C)CCC(=O)c1c(F)cccc1OC. The molecule has 0 saturated carbocycles. The van der Waals surface area contributed by atoms with Crippen LogP contribution in [0.4, 0.5) is 4.39 Å². The standard InChI is InChI=1S/C16H24FNO2S/c1-5-12(11-21-4)18(2)10-9-14(19)16-13(17)7-6-8-15(16)20-3/h6-8,12H,5,9-11H2,1-4H3. The van der Waals surface area contributed by atoms with E-state index in [1.54, 1.807) is 23.9 Å². The number of halogens is 1. The number of carbonyl (C=O) groups is 1. The van der Waals surface area contributed by atoms with Gasteiger partial charge in [-0.3, -0.25) is 4.79 Å². The first-order valence-electron chi connectivity index (χ1n) is 7.10. The molecule has 118 valence electrons. The molecule has 0 saturated heterocycles. The summed E-state index contributed by atoms with van der Waals surface area (Å²) in [6, 6.07) is 4.89. The highest BCUT2D eigenvalue weighted by Gasteiger charge is 2.19. The second kappa shape index (κ2) is 9.05. The van der Waals surface area contributed by atoms with Gasteiger partial charge in [0.05, 0.1) is 12.7 Å². The highest BCUT2D eigenvalue weighted by molar-refractivity contribution is 7.98. The maximum Gasteiger partial charge on any atom is 0.170 e. The summed E-state index contributed by atoms with van der Waals surface area (Å²) in [5.41, 5.74) is 0.0614. The molecule has 0 aliphatic carbocycles. The Kier molecular flexibility index (Phi) is 7.75. The van der Waals surface area contributed by atoms with E-state index in [1.807, 2.05) is 7.05 Å². The summed E-state index contributed by atoms with van der Waals surface area (Å²) in [6.45, 7) is 2.76. The monoisotopic (exact) mass is 313 g/mol. The number of benzene rings is 1. The van der Waals surface area contributed by atoms with Gasteiger partial charge in [-0.05, 0) is 31.9 Å². The quantitative estimate of drug-likeness (QED) is 0.653. The summed E-state index contributed by atoms with van der Waals surface area (Å²) in [7, 11) is 3.46. The number of hydrogen-bond acceptors (Lipinski definition) is 4. The predicted molar refractivity (Wildman–Crippen MR) is 87.0 cm³/mol. The third-order valence-electron chi connectivity index (χ3n) is 3.62. The second-order valence-electron chi connectivity index (χ2n) is 4.99. The number of thioether (sulfide) groups is 1. The number of methoxy groups -OCH3 is 1. The average Bonchev–Trinajstić information content (AvgIpc) is 2.49. The summed E-state index contributed by atoms with van der Waals surface area (Å²) in [5, 5.41) is 0. The van der Waals surface area contributed by atoms with Crippen LogP contribution in [-0.2, 0) is 0 Å². The van der Waals surface area contributed by atoms with Crippen LogP contribution in [0.5, 0.6) is 5.75 Å². The van der Waals surface area contributed by atoms with Crippen molar-refractivity contribution in [1.82, 2.24) is 4.90 Å². The van der Waals surface area contributed by atoms with Gasteiger partial charge in [-0.2, -0.15) is 11.8 Å². The Morgan fingerprint density at radius 3 is 2.76 bits per heavy atom. The van der Waals surface area contributed by atoms with E-state index in [-0.39, 0.29) is 11.3 Å². The van der Waals surface area contributed by atoms with Crippen LogP contribution < -0.4 is 4.74 Å². The number of ketones is 1. The molecule has 21 heavy (non-hydrogen) atoms. The Hall–Kier alpha value is -1.07. The molecule has 0 bridgehead atoms. The number of rotatable bonds is 9. The fraction of sp³-hybridized carbons (Fsp3) is 0.562. The Bertz CT molecular complexity index is 468. The highest BCUT2D eigenvalue weighted by Crippen LogP contribution is 2.23. The third kappa shape index (κ3) is 5.00. The fourth-order valence-electron chi connectivity index (χ4n) is 2.28. The Morgan fingerprint density at radius 1 is 1.48 bits per heavy atom. The van der Waals surface area contributed by atoms with Crippen LogP contribution in [0.3, 0.4) is 0 Å². The maximum atomic E-state index is 13.8. The number of carbonyl (C=O) groups excluding carboxylic acids is 1. The van der Waals surface area contributed by atoms with Crippen molar-refractivity contribution in [3.8, 4) is 5.75 Å². The molecule has 0 radical (unpaired) electrons. The Balaban J connectivity index is 2.70. The minimum absolute atomic E-state index is 0.0614. The van der Waals surface area contributed by atoms with Crippen LogP contribution in [0.2, 0.25) is 0 Å². The number of Topliss-reactive ketones (excluding diaryl/α,β-unsaturated/α-hetero) is 1. The molecule has 0 spiro atoms. The minimum atomic E-state index is -0.516. The van der Waals surface area contributed by atoms with Crippen molar-refractivity contribution in [1.29, 1.82) is 0 Å². The smallest absolute Gasteiger partial charge is 0.170 e. The van der Waals surface area contributed by atoms with Crippen LogP contribution in [-0.4, -0.2) is 49.4 Å². The molecule has 1 aromatic carbocycles. The first kappa shape index (κ1) is 18.0. The van der Waals surface area contributed by atoms with Gasteiger partial charge in [0, 0.05) is 24.8 Å². The van der Waals surface area contributed by atoms with E-state index in [4.69, 9.17) is 4.74 Å². The summed E-state index contributed by atoms with van der Waals surface area (Å²) in [5.74, 6) is 0.609. The van der Waals surface area contributed by atoms with E-state index >= 15 is 0 Å². The summed E-state index contributed by atoms with van der Waals surface area (Å²) >= 11 is 1.80. The molecule has 0 fully saturated rings. The fourth-order valence-corrected chi connectivity index (χ4v) is 3.15. The molecule has 1 unspecified atom stereocenters. The van der Waals surface area contributed by atoms with Crippen LogP contribution in [0.15, 0.2) is 18.2 Å². The molecule has 0 aliphatic rings. The lowest BCUT2D eigenvalue weighted by atomic mass is 10.1. The summed E-state index contributed by atoms with van der Waals surface area (Å²) in [6.07, 6.45) is 3.40. The molecular formula is C16H24FNO2S. The van der Waals surface area contributed by atoms with Gasteiger partial charge in [-0.25, -0.2) is 4.39 Å². The van der Waals surface area contributed by atoms with Crippen LogP contribution in [0, 0.1) is 5.82 Å². The Labute approximate surface area is 130 Å². The first-order valence-corrected chi connectivity index (χ1v) is 8.49. The molecule has 0 N–H and O–H groups in total. The highest BCUT2D eigenvalue weighted by atomic mass is 32.2. The van der Waals surface area contributed by atoms with Crippen molar-refractivity contribution in [2.45, 2.75) is 25.8 Å². The zero-order valence-electron chi connectivity index (χ0n) is 13.2. The van der Waals surface area contributed by atoms with E-state index in [0.29, 0.717) is 24.8 Å². The molecule has 1 atom stereocenters. The van der Waals surface area contributed by atoms with Gasteiger partial charge >= 0.3 is 0 Å². The topological polar surface area (TPSA) is 29.5 Å². The van der Waals surface area contributed by atoms with Crippen LogP contribution in [0.25, 0.3) is 0 Å². The lowest BCUT2D eigenvalue weighted by molar-refractivity contribution is 0.0955. The van der Waals surface area contributed by atoms with Crippen molar-refractivity contribution in [2.24, 2.45) is 0 Å². The molecule has 1 rings (SSSR count). The van der Waals surface area contributed by atoms with Gasteiger partial charge < -0.3 is 9.64 Å². The first-order chi connectivity index (χ1) is 10.0.